The molecule has 0 bridgehead atoms. The van der Waals surface area contributed by atoms with E-state index >= 15 is 0 Å². The smallest absolute Gasteiger partial charge is 0.365 e. The number of carbonyl (C=O) groups is 1. The fourth-order valence-electron chi connectivity index (χ4n) is 4.12. The Morgan fingerprint density at radius 1 is 1.20 bits per heavy atom. The summed E-state index contributed by atoms with van der Waals surface area (Å²) in [4.78, 5) is 20.3. The van der Waals surface area contributed by atoms with Crippen molar-refractivity contribution in [3.05, 3.63) is 71.4 Å². The molecule has 152 valence electrons. The van der Waals surface area contributed by atoms with Crippen LogP contribution in [0, 0.1) is 23.5 Å². The van der Waals surface area contributed by atoms with Crippen molar-refractivity contribution >= 4 is 28.9 Å². The summed E-state index contributed by atoms with van der Waals surface area (Å²) in [6.45, 7) is 1.95. The molecular formula is C22H19F2N4O2+. The van der Waals surface area contributed by atoms with Crippen molar-refractivity contribution in [2.24, 2.45) is 11.8 Å². The minimum Gasteiger partial charge on any atom is -0.412 e. The summed E-state index contributed by atoms with van der Waals surface area (Å²) >= 11 is 0. The summed E-state index contributed by atoms with van der Waals surface area (Å²) in [5, 5.41) is 6.22. The molecule has 1 aromatic heterocycles. The van der Waals surface area contributed by atoms with Crippen molar-refractivity contribution in [2.75, 3.05) is 5.32 Å². The Morgan fingerprint density at radius 3 is 2.73 bits per heavy atom. The van der Waals surface area contributed by atoms with Crippen LogP contribution in [-0.2, 0) is 4.79 Å². The fourth-order valence-corrected chi connectivity index (χ4v) is 4.12. The average Bonchev–Trinajstić information content (AvgIpc) is 3.08. The summed E-state index contributed by atoms with van der Waals surface area (Å²) in [6.07, 6.45) is 2.35. The van der Waals surface area contributed by atoms with Crippen LogP contribution in [-0.4, -0.2) is 16.7 Å². The SMILES string of the molecule is C[C@@H]1C=C2NC(Nc3nc4ccccc4o3)=[NH+][C@@H](c3cc(F)cc(F)c3)[C@@H]2C(=O)C1. The van der Waals surface area contributed by atoms with Gasteiger partial charge in [-0.05, 0) is 41.8 Å². The van der Waals surface area contributed by atoms with Gasteiger partial charge in [-0.15, -0.1) is 0 Å². The van der Waals surface area contributed by atoms with Gasteiger partial charge in [-0.25, -0.2) is 14.1 Å². The summed E-state index contributed by atoms with van der Waals surface area (Å²) in [5.74, 6) is -1.47. The van der Waals surface area contributed by atoms with E-state index in [0.717, 1.165) is 6.07 Å². The van der Waals surface area contributed by atoms with E-state index in [0.29, 0.717) is 34.7 Å². The van der Waals surface area contributed by atoms with Crippen LogP contribution >= 0.6 is 0 Å². The van der Waals surface area contributed by atoms with E-state index in [-0.39, 0.29) is 17.7 Å². The van der Waals surface area contributed by atoms with E-state index < -0.39 is 23.6 Å². The minimum absolute atomic E-state index is 0.00980. The van der Waals surface area contributed by atoms with Gasteiger partial charge in [0.05, 0.1) is 5.70 Å². The first kappa shape index (κ1) is 18.5. The molecule has 0 unspecified atom stereocenters. The second kappa shape index (κ2) is 7.05. The Hall–Kier alpha value is -3.55. The molecule has 0 fully saturated rings. The van der Waals surface area contributed by atoms with Gasteiger partial charge in [0.25, 0.3) is 0 Å². The van der Waals surface area contributed by atoms with E-state index in [4.69, 9.17) is 4.42 Å². The van der Waals surface area contributed by atoms with Gasteiger partial charge in [0.15, 0.2) is 5.58 Å². The Balaban J connectivity index is 1.56. The predicted molar refractivity (Wildman–Crippen MR) is 106 cm³/mol. The van der Waals surface area contributed by atoms with Gasteiger partial charge in [0.2, 0.25) is 0 Å². The van der Waals surface area contributed by atoms with Gasteiger partial charge >= 0.3 is 12.0 Å². The third-order valence-electron chi connectivity index (χ3n) is 5.34. The number of aromatic nitrogens is 1. The lowest BCUT2D eigenvalue weighted by atomic mass is 9.78. The molecule has 3 N–H and O–H groups in total. The topological polar surface area (TPSA) is 81.1 Å². The number of hydrogen-bond acceptors (Lipinski definition) is 5. The number of ketones is 1. The lowest BCUT2D eigenvalue weighted by molar-refractivity contribution is -0.522. The van der Waals surface area contributed by atoms with Crippen LogP contribution in [0.1, 0.15) is 24.9 Å². The van der Waals surface area contributed by atoms with Gasteiger partial charge in [-0.1, -0.05) is 19.1 Å². The zero-order valence-corrected chi connectivity index (χ0v) is 16.1. The molecule has 5 rings (SSSR count). The Kier molecular flexibility index (Phi) is 4.34. The molecule has 2 heterocycles. The van der Waals surface area contributed by atoms with Crippen LogP contribution in [0.3, 0.4) is 0 Å². The zero-order chi connectivity index (χ0) is 20.8. The number of oxazole rings is 1. The van der Waals surface area contributed by atoms with Crippen molar-refractivity contribution in [1.29, 1.82) is 0 Å². The first-order chi connectivity index (χ1) is 14.5. The van der Waals surface area contributed by atoms with Gasteiger partial charge in [-0.3, -0.25) is 9.79 Å². The number of halogens is 2. The number of fused-ring (bicyclic) bond motifs is 2. The summed E-state index contributed by atoms with van der Waals surface area (Å²) < 4.78 is 33.5. The fraction of sp³-hybridized carbons (Fsp3) is 0.227. The van der Waals surface area contributed by atoms with Crippen molar-refractivity contribution in [3.63, 3.8) is 0 Å². The van der Waals surface area contributed by atoms with E-state index in [1.54, 1.807) is 6.07 Å². The van der Waals surface area contributed by atoms with Crippen LogP contribution in [0.2, 0.25) is 0 Å². The number of allylic oxidation sites excluding steroid dienone is 1. The highest BCUT2D eigenvalue weighted by molar-refractivity contribution is 5.94. The number of nitrogens with one attached hydrogen (secondary N) is 3. The number of anilines is 1. The minimum atomic E-state index is -0.694. The number of hydrogen-bond donors (Lipinski definition) is 3. The first-order valence-electron chi connectivity index (χ1n) is 9.70. The lowest BCUT2D eigenvalue weighted by Crippen LogP contribution is -2.84. The van der Waals surface area contributed by atoms with E-state index in [9.17, 15) is 13.6 Å². The van der Waals surface area contributed by atoms with Crippen LogP contribution in [0.4, 0.5) is 14.8 Å². The maximum Gasteiger partial charge on any atom is 0.365 e. The maximum absolute atomic E-state index is 13.9. The Bertz CT molecular complexity index is 1160. The number of Topliss-reactive ketones (excluding diaryl/α,β-unsaturated/α-hetero) is 1. The third kappa shape index (κ3) is 3.34. The second-order valence-electron chi connectivity index (χ2n) is 7.68. The van der Waals surface area contributed by atoms with E-state index in [1.807, 2.05) is 31.2 Å². The van der Waals surface area contributed by atoms with E-state index in [2.05, 4.69) is 20.6 Å². The maximum atomic E-state index is 13.9. The molecule has 30 heavy (non-hydrogen) atoms. The van der Waals surface area contributed by atoms with Gasteiger partial charge in [-0.2, -0.15) is 10.3 Å². The monoisotopic (exact) mass is 409 g/mol. The van der Waals surface area contributed by atoms with Crippen molar-refractivity contribution in [1.82, 2.24) is 10.3 Å². The van der Waals surface area contributed by atoms with Crippen LogP contribution in [0.15, 0.2) is 58.7 Å². The molecule has 0 radical (unpaired) electrons. The summed E-state index contributed by atoms with van der Waals surface area (Å²) in [7, 11) is 0. The van der Waals surface area contributed by atoms with Crippen molar-refractivity contribution in [2.45, 2.75) is 19.4 Å². The largest absolute Gasteiger partial charge is 0.412 e. The van der Waals surface area contributed by atoms with E-state index in [1.165, 1.54) is 12.1 Å². The van der Waals surface area contributed by atoms with Crippen LogP contribution in [0.25, 0.3) is 11.1 Å². The molecular weight excluding hydrogens is 390 g/mol. The molecule has 0 amide bonds. The molecule has 0 saturated carbocycles. The summed E-state index contributed by atoms with van der Waals surface area (Å²) in [5.41, 5.74) is 2.35. The molecule has 0 spiro atoms. The molecule has 1 aliphatic carbocycles. The number of guanidine groups is 1. The van der Waals surface area contributed by atoms with Crippen molar-refractivity contribution in [3.8, 4) is 0 Å². The summed E-state index contributed by atoms with van der Waals surface area (Å²) in [6, 6.07) is 10.2. The lowest BCUT2D eigenvalue weighted by Gasteiger charge is -2.32. The molecule has 1 aliphatic heterocycles. The molecule has 6 nitrogen and oxygen atoms in total. The molecule has 2 aromatic carbocycles. The molecule has 3 atom stereocenters. The molecule has 3 aromatic rings. The number of nitrogens with zero attached hydrogens (tertiary/aromatic N) is 1. The number of para-hydroxylation sites is 2. The molecule has 2 aliphatic rings. The predicted octanol–water partition coefficient (Wildman–Crippen LogP) is 2.41. The highest BCUT2D eigenvalue weighted by atomic mass is 19.1. The quantitative estimate of drug-likeness (QED) is 0.606. The van der Waals surface area contributed by atoms with Crippen LogP contribution < -0.4 is 15.6 Å². The highest BCUT2D eigenvalue weighted by Gasteiger charge is 2.43. The third-order valence-corrected chi connectivity index (χ3v) is 5.34. The second-order valence-corrected chi connectivity index (χ2v) is 7.68. The highest BCUT2D eigenvalue weighted by Crippen LogP contribution is 2.33. The zero-order valence-electron chi connectivity index (χ0n) is 16.1. The standard InChI is InChI=1S/C22H18F2N4O2/c1-11-6-16-19(17(29)7-11)20(12-8-13(23)10-14(24)9-12)27-21(25-16)28-22-26-15-4-2-3-5-18(15)30-22/h2-6,8-11,19-20H,7H2,1H3,(H2,25,26,27,28)/p+1/t11-,19+,20+/m1/s1. The normalized spacial score (nSPS) is 23.4. The molecule has 8 heteroatoms. The van der Waals surface area contributed by atoms with Crippen LogP contribution in [0.5, 0.6) is 0 Å². The van der Waals surface area contributed by atoms with Gasteiger partial charge in [0, 0.05) is 12.5 Å². The number of benzene rings is 2. The molecule has 0 saturated heterocycles. The first-order valence-corrected chi connectivity index (χ1v) is 9.70. The van der Waals surface area contributed by atoms with Gasteiger partial charge < -0.3 is 4.42 Å². The van der Waals surface area contributed by atoms with Crippen molar-refractivity contribution < 1.29 is 23.0 Å². The average molecular weight is 409 g/mol. The Morgan fingerprint density at radius 2 is 1.97 bits per heavy atom. The van der Waals surface area contributed by atoms with Gasteiger partial charge in [0.1, 0.15) is 34.9 Å². The number of rotatable bonds is 2. The number of carbonyl (C=O) groups excluding carboxylic acids is 1. The Labute approximate surface area is 170 Å².